The van der Waals surface area contributed by atoms with E-state index in [0.29, 0.717) is 0 Å². The van der Waals surface area contributed by atoms with Crippen molar-refractivity contribution in [2.45, 2.75) is 72.1 Å². The first-order valence-electron chi connectivity index (χ1n) is 10.1. The van der Waals surface area contributed by atoms with Gasteiger partial charge in [-0.1, -0.05) is 76.5 Å². The predicted molar refractivity (Wildman–Crippen MR) is 107 cm³/mol. The second-order valence-electron chi connectivity index (χ2n) is 8.20. The lowest BCUT2D eigenvalue weighted by atomic mass is 9.82. The number of fused-ring (bicyclic) bond motifs is 3. The quantitative estimate of drug-likeness (QED) is 0.488. The van der Waals surface area contributed by atoms with Crippen LogP contribution in [0.5, 0.6) is 0 Å². The maximum atomic E-state index is 4.16. The van der Waals surface area contributed by atoms with Gasteiger partial charge >= 0.3 is 0 Å². The van der Waals surface area contributed by atoms with Crippen molar-refractivity contribution >= 4 is 11.1 Å². The molecule has 1 saturated carbocycles. The van der Waals surface area contributed by atoms with E-state index < -0.39 is 0 Å². The van der Waals surface area contributed by atoms with Gasteiger partial charge in [-0.15, -0.1) is 0 Å². The van der Waals surface area contributed by atoms with Gasteiger partial charge < -0.3 is 0 Å². The highest BCUT2D eigenvalue weighted by atomic mass is 14.5. The Morgan fingerprint density at radius 3 is 2.67 bits per heavy atom. The van der Waals surface area contributed by atoms with Gasteiger partial charge in [-0.05, 0) is 72.1 Å². The predicted octanol–water partition coefficient (Wildman–Crippen LogP) is 7.46. The third-order valence-corrected chi connectivity index (χ3v) is 6.20. The summed E-state index contributed by atoms with van der Waals surface area (Å²) in [4.78, 5) is 0. The Bertz CT molecular complexity index is 633. The molecule has 0 nitrogen and oxygen atoms in total. The van der Waals surface area contributed by atoms with Crippen molar-refractivity contribution in [1.82, 2.24) is 0 Å². The molecule has 0 N–H and O–H groups in total. The molecule has 0 heteroatoms. The Morgan fingerprint density at radius 1 is 1.21 bits per heavy atom. The minimum Gasteiger partial charge on any atom is -0.0955 e. The molecule has 24 heavy (non-hydrogen) atoms. The Hall–Kier alpha value is -1.30. The maximum Gasteiger partial charge on any atom is -0.0119 e. The average Bonchev–Trinajstić information content (AvgIpc) is 3.36. The third-order valence-electron chi connectivity index (χ3n) is 6.20. The van der Waals surface area contributed by atoms with Crippen molar-refractivity contribution in [3.05, 3.63) is 47.5 Å². The normalized spacial score (nSPS) is 26.0. The van der Waals surface area contributed by atoms with Crippen molar-refractivity contribution < 1.29 is 0 Å². The lowest BCUT2D eigenvalue weighted by molar-refractivity contribution is 0.520. The second-order valence-corrected chi connectivity index (χ2v) is 8.20. The molecular weight excluding hydrogens is 288 g/mol. The van der Waals surface area contributed by atoms with Crippen LogP contribution in [0.15, 0.2) is 30.9 Å². The van der Waals surface area contributed by atoms with Gasteiger partial charge in [-0.2, -0.15) is 0 Å². The molecule has 4 atom stereocenters. The van der Waals surface area contributed by atoms with Crippen LogP contribution in [0.4, 0.5) is 0 Å². The zero-order valence-electron chi connectivity index (χ0n) is 16.1. The number of unbranched alkanes of at least 4 members (excludes halogenated alkanes) is 1. The van der Waals surface area contributed by atoms with E-state index in [9.17, 15) is 0 Å². The molecule has 0 aromatic heterocycles. The van der Waals surface area contributed by atoms with E-state index in [1.807, 2.05) is 0 Å². The van der Waals surface area contributed by atoms with Gasteiger partial charge in [0.15, 0.2) is 0 Å². The van der Waals surface area contributed by atoms with Gasteiger partial charge in [-0.25, -0.2) is 0 Å². The molecule has 130 valence electrons. The van der Waals surface area contributed by atoms with E-state index >= 15 is 0 Å². The molecule has 2 aliphatic carbocycles. The molecule has 2 aliphatic rings. The largest absolute Gasteiger partial charge is 0.0955 e. The topological polar surface area (TPSA) is 0 Å². The minimum atomic E-state index is 0.728. The molecule has 0 saturated heterocycles. The SMILES string of the molecule is C=C(C)c1ccc2c(c1)C1CC1C(C)C=C2C(CCC)CCCC. The molecule has 0 spiro atoms. The summed E-state index contributed by atoms with van der Waals surface area (Å²) >= 11 is 0. The van der Waals surface area contributed by atoms with Crippen LogP contribution in [-0.2, 0) is 0 Å². The molecule has 0 radical (unpaired) electrons. The van der Waals surface area contributed by atoms with Crippen LogP contribution >= 0.6 is 0 Å². The van der Waals surface area contributed by atoms with Gasteiger partial charge in [0, 0.05) is 0 Å². The molecule has 1 aromatic rings. The van der Waals surface area contributed by atoms with Crippen LogP contribution in [0.3, 0.4) is 0 Å². The summed E-state index contributed by atoms with van der Waals surface area (Å²) in [5, 5.41) is 0. The molecule has 0 amide bonds. The molecule has 0 bridgehead atoms. The smallest absolute Gasteiger partial charge is 0.0119 e. The number of benzene rings is 1. The summed E-state index contributed by atoms with van der Waals surface area (Å²) in [6.07, 6.45) is 10.6. The summed E-state index contributed by atoms with van der Waals surface area (Å²) in [5.41, 5.74) is 7.36. The van der Waals surface area contributed by atoms with Crippen molar-refractivity contribution in [3.63, 3.8) is 0 Å². The number of hydrogen-bond acceptors (Lipinski definition) is 0. The van der Waals surface area contributed by atoms with Gasteiger partial charge in [0.1, 0.15) is 0 Å². The van der Waals surface area contributed by atoms with E-state index in [2.05, 4.69) is 58.5 Å². The Morgan fingerprint density at radius 2 is 2.00 bits per heavy atom. The Balaban J connectivity index is 2.02. The molecule has 1 aromatic carbocycles. The highest BCUT2D eigenvalue weighted by Gasteiger charge is 2.44. The van der Waals surface area contributed by atoms with Crippen LogP contribution in [0.2, 0.25) is 0 Å². The first-order valence-corrected chi connectivity index (χ1v) is 10.1. The fourth-order valence-corrected chi connectivity index (χ4v) is 4.66. The number of hydrogen-bond donors (Lipinski definition) is 0. The van der Waals surface area contributed by atoms with E-state index in [0.717, 1.165) is 23.7 Å². The maximum absolute atomic E-state index is 4.16. The third kappa shape index (κ3) is 3.39. The number of rotatable bonds is 7. The first kappa shape index (κ1) is 17.5. The Kier molecular flexibility index (Phi) is 5.33. The molecule has 1 fully saturated rings. The van der Waals surface area contributed by atoms with Gasteiger partial charge in [-0.3, -0.25) is 0 Å². The monoisotopic (exact) mass is 322 g/mol. The number of allylic oxidation sites excluding steroid dienone is 3. The van der Waals surface area contributed by atoms with Crippen molar-refractivity contribution in [2.75, 3.05) is 0 Å². The second kappa shape index (κ2) is 7.30. The molecule has 3 rings (SSSR count). The Labute approximate surface area is 149 Å². The standard InChI is InChI=1S/C24H34/c1-6-8-10-18(9-7-2)22-13-17(5)21-15-24(21)23-14-19(16(3)4)11-12-20(22)23/h11-14,17-18,21,24H,3,6-10,15H2,1-2,4-5H3. The van der Waals surface area contributed by atoms with E-state index in [1.165, 1.54) is 49.7 Å². The average molecular weight is 323 g/mol. The lowest BCUT2D eigenvalue weighted by Gasteiger charge is -2.23. The van der Waals surface area contributed by atoms with Gasteiger partial charge in [0.25, 0.3) is 0 Å². The first-order chi connectivity index (χ1) is 11.6. The van der Waals surface area contributed by atoms with Crippen LogP contribution in [0.1, 0.15) is 88.8 Å². The molecular formula is C24H34. The lowest BCUT2D eigenvalue weighted by Crippen LogP contribution is -2.07. The summed E-state index contributed by atoms with van der Waals surface area (Å²) in [6.45, 7) is 13.4. The van der Waals surface area contributed by atoms with Crippen molar-refractivity contribution in [1.29, 1.82) is 0 Å². The van der Waals surface area contributed by atoms with E-state index in [1.54, 1.807) is 16.7 Å². The van der Waals surface area contributed by atoms with Crippen molar-refractivity contribution in [3.8, 4) is 0 Å². The molecule has 0 aliphatic heterocycles. The van der Waals surface area contributed by atoms with Crippen molar-refractivity contribution in [2.24, 2.45) is 17.8 Å². The van der Waals surface area contributed by atoms with Crippen LogP contribution in [0, 0.1) is 17.8 Å². The fraction of sp³-hybridized carbons (Fsp3) is 0.583. The summed E-state index contributed by atoms with van der Waals surface area (Å²) < 4.78 is 0. The zero-order valence-corrected chi connectivity index (χ0v) is 16.1. The molecule has 4 unspecified atom stereocenters. The highest BCUT2D eigenvalue weighted by molar-refractivity contribution is 5.75. The van der Waals surface area contributed by atoms with Crippen LogP contribution < -0.4 is 0 Å². The zero-order chi connectivity index (χ0) is 17.3. The van der Waals surface area contributed by atoms with E-state index in [4.69, 9.17) is 0 Å². The summed E-state index contributed by atoms with van der Waals surface area (Å²) in [5.74, 6) is 3.13. The fourth-order valence-electron chi connectivity index (χ4n) is 4.66. The van der Waals surface area contributed by atoms with Gasteiger partial charge in [0.05, 0.1) is 0 Å². The van der Waals surface area contributed by atoms with Gasteiger partial charge in [0.2, 0.25) is 0 Å². The van der Waals surface area contributed by atoms with Crippen LogP contribution in [-0.4, -0.2) is 0 Å². The summed E-state index contributed by atoms with van der Waals surface area (Å²) in [6, 6.07) is 7.16. The summed E-state index contributed by atoms with van der Waals surface area (Å²) in [7, 11) is 0. The van der Waals surface area contributed by atoms with Crippen LogP contribution in [0.25, 0.3) is 11.1 Å². The van der Waals surface area contributed by atoms with E-state index in [-0.39, 0.29) is 0 Å². The highest BCUT2D eigenvalue weighted by Crippen LogP contribution is 2.57. The minimum absolute atomic E-state index is 0.728. The molecule has 0 heterocycles.